The summed E-state index contributed by atoms with van der Waals surface area (Å²) in [5, 5.41) is 11.4. The summed E-state index contributed by atoms with van der Waals surface area (Å²) < 4.78 is 0. The lowest BCUT2D eigenvalue weighted by Gasteiger charge is -2.17. The number of carboxylic acid groups (broad SMARTS) is 1. The van der Waals surface area contributed by atoms with Gasteiger partial charge in [0.25, 0.3) is 0 Å². The zero-order valence-corrected chi connectivity index (χ0v) is 9.26. The maximum absolute atomic E-state index is 11.0. The van der Waals surface area contributed by atoms with Crippen LogP contribution in [0.5, 0.6) is 0 Å². The average molecular weight is 224 g/mol. The van der Waals surface area contributed by atoms with Gasteiger partial charge in [0.15, 0.2) is 0 Å². The summed E-state index contributed by atoms with van der Waals surface area (Å²) in [6.07, 6.45) is 4.32. The Morgan fingerprint density at radius 3 is 2.82 bits per heavy atom. The van der Waals surface area contributed by atoms with Gasteiger partial charge >= 0.3 is 5.97 Å². The van der Waals surface area contributed by atoms with Gasteiger partial charge in [-0.25, -0.2) is 0 Å². The summed E-state index contributed by atoms with van der Waals surface area (Å²) in [7, 11) is 0. The third kappa shape index (κ3) is 1.62. The van der Waals surface area contributed by atoms with E-state index in [0.717, 1.165) is 5.56 Å². The summed E-state index contributed by atoms with van der Waals surface area (Å²) in [4.78, 5) is 11.0. The molecule has 0 spiro atoms. The smallest absolute Gasteiger partial charge is 0.310 e. The molecule has 17 heavy (non-hydrogen) atoms. The molecular weight excluding hydrogens is 212 g/mol. The Morgan fingerprint density at radius 1 is 1.18 bits per heavy atom. The van der Waals surface area contributed by atoms with E-state index in [1.165, 1.54) is 16.3 Å². The third-order valence-electron chi connectivity index (χ3n) is 3.31. The molecule has 1 aliphatic rings. The Labute approximate surface area is 99.2 Å². The molecule has 2 heteroatoms. The van der Waals surface area contributed by atoms with Crippen molar-refractivity contribution in [2.24, 2.45) is 5.92 Å². The van der Waals surface area contributed by atoms with Crippen molar-refractivity contribution in [2.75, 3.05) is 0 Å². The highest BCUT2D eigenvalue weighted by atomic mass is 16.4. The number of rotatable bonds is 1. The van der Waals surface area contributed by atoms with Gasteiger partial charge in [-0.1, -0.05) is 48.6 Å². The van der Waals surface area contributed by atoms with Crippen molar-refractivity contribution < 1.29 is 9.90 Å². The molecule has 3 rings (SSSR count). The minimum atomic E-state index is -0.750. The van der Waals surface area contributed by atoms with Gasteiger partial charge in [-0.2, -0.15) is 0 Å². The van der Waals surface area contributed by atoms with Crippen molar-refractivity contribution in [3.05, 3.63) is 53.6 Å². The summed E-state index contributed by atoms with van der Waals surface area (Å²) in [6, 6.07) is 12.3. The van der Waals surface area contributed by atoms with Gasteiger partial charge < -0.3 is 5.11 Å². The number of aliphatic carboxylic acids is 1. The summed E-state index contributed by atoms with van der Waals surface area (Å²) >= 11 is 0. The lowest BCUT2D eigenvalue weighted by Crippen LogP contribution is -2.16. The SMILES string of the molecule is O=C(O)C1C=Cc2c(ccc3ccccc23)C1. The molecular formula is C15H12O2. The minimum Gasteiger partial charge on any atom is -0.481 e. The molecule has 0 amide bonds. The molecule has 0 aliphatic heterocycles. The molecule has 1 aliphatic carbocycles. The van der Waals surface area contributed by atoms with Gasteiger partial charge in [0, 0.05) is 0 Å². The lowest BCUT2D eigenvalue weighted by molar-refractivity contribution is -0.140. The second-order valence-electron chi connectivity index (χ2n) is 4.37. The highest BCUT2D eigenvalue weighted by Gasteiger charge is 2.20. The average Bonchev–Trinajstić information content (AvgIpc) is 2.38. The number of fused-ring (bicyclic) bond motifs is 3. The number of carboxylic acids is 1. The fourth-order valence-electron chi connectivity index (χ4n) is 2.40. The number of hydrogen-bond acceptors (Lipinski definition) is 1. The number of carbonyl (C=O) groups is 1. The van der Waals surface area contributed by atoms with Crippen molar-refractivity contribution in [2.45, 2.75) is 6.42 Å². The Balaban J connectivity index is 2.18. The third-order valence-corrected chi connectivity index (χ3v) is 3.31. The molecule has 0 saturated heterocycles. The van der Waals surface area contributed by atoms with E-state index in [1.807, 2.05) is 24.3 Å². The van der Waals surface area contributed by atoms with E-state index in [0.29, 0.717) is 6.42 Å². The van der Waals surface area contributed by atoms with Gasteiger partial charge in [0.1, 0.15) is 0 Å². The van der Waals surface area contributed by atoms with E-state index in [-0.39, 0.29) is 5.92 Å². The van der Waals surface area contributed by atoms with E-state index in [2.05, 4.69) is 18.2 Å². The normalized spacial score (nSPS) is 18.0. The first-order valence-electron chi connectivity index (χ1n) is 5.67. The minimum absolute atomic E-state index is 0.385. The molecule has 2 aromatic rings. The molecule has 0 saturated carbocycles. The highest BCUT2D eigenvalue weighted by molar-refractivity contribution is 5.93. The van der Waals surface area contributed by atoms with Crippen LogP contribution >= 0.6 is 0 Å². The first-order chi connectivity index (χ1) is 8.25. The van der Waals surface area contributed by atoms with Gasteiger partial charge in [-0.3, -0.25) is 4.79 Å². The molecule has 0 heterocycles. The van der Waals surface area contributed by atoms with Gasteiger partial charge in [0.05, 0.1) is 5.92 Å². The van der Waals surface area contributed by atoms with Crippen molar-refractivity contribution in [1.82, 2.24) is 0 Å². The fraction of sp³-hybridized carbons (Fsp3) is 0.133. The molecule has 0 bridgehead atoms. The molecule has 0 fully saturated rings. The molecule has 84 valence electrons. The van der Waals surface area contributed by atoms with Crippen LogP contribution in [0.15, 0.2) is 42.5 Å². The van der Waals surface area contributed by atoms with Crippen LogP contribution < -0.4 is 0 Å². The Kier molecular flexibility index (Phi) is 2.22. The highest BCUT2D eigenvalue weighted by Crippen LogP contribution is 2.29. The molecule has 1 N–H and O–H groups in total. The van der Waals surface area contributed by atoms with Crippen molar-refractivity contribution in [1.29, 1.82) is 0 Å². The topological polar surface area (TPSA) is 37.3 Å². The van der Waals surface area contributed by atoms with Gasteiger partial charge in [0.2, 0.25) is 0 Å². The molecule has 2 nitrogen and oxygen atoms in total. The van der Waals surface area contributed by atoms with E-state index < -0.39 is 5.97 Å². The van der Waals surface area contributed by atoms with Crippen molar-refractivity contribution in [3.8, 4) is 0 Å². The maximum Gasteiger partial charge on any atom is 0.310 e. The predicted octanol–water partition coefficient (Wildman–Crippen LogP) is 3.11. The second-order valence-corrected chi connectivity index (χ2v) is 4.37. The van der Waals surface area contributed by atoms with Crippen LogP contribution in [0, 0.1) is 5.92 Å². The Morgan fingerprint density at radius 2 is 2.00 bits per heavy atom. The van der Waals surface area contributed by atoms with Crippen molar-refractivity contribution in [3.63, 3.8) is 0 Å². The predicted molar refractivity (Wildman–Crippen MR) is 67.8 cm³/mol. The summed E-state index contributed by atoms with van der Waals surface area (Å²) in [5.74, 6) is -1.14. The summed E-state index contributed by atoms with van der Waals surface area (Å²) in [5.41, 5.74) is 2.29. The first-order valence-corrected chi connectivity index (χ1v) is 5.67. The van der Waals surface area contributed by atoms with Gasteiger partial charge in [-0.15, -0.1) is 0 Å². The standard InChI is InChI=1S/C15H12O2/c16-15(17)12-7-8-14-11(9-12)6-5-10-3-1-2-4-13(10)14/h1-8,12H,9H2,(H,16,17). The van der Waals surface area contributed by atoms with Gasteiger partial charge in [-0.05, 0) is 28.3 Å². The lowest BCUT2D eigenvalue weighted by atomic mass is 9.87. The molecule has 2 aromatic carbocycles. The van der Waals surface area contributed by atoms with Crippen LogP contribution in [-0.4, -0.2) is 11.1 Å². The Hall–Kier alpha value is -2.09. The fourth-order valence-corrected chi connectivity index (χ4v) is 2.40. The van der Waals surface area contributed by atoms with Crippen LogP contribution in [0.25, 0.3) is 16.8 Å². The van der Waals surface area contributed by atoms with E-state index >= 15 is 0 Å². The van der Waals surface area contributed by atoms with Crippen LogP contribution in [0.4, 0.5) is 0 Å². The second kappa shape index (κ2) is 3.74. The van der Waals surface area contributed by atoms with E-state index in [9.17, 15) is 4.79 Å². The largest absolute Gasteiger partial charge is 0.481 e. The van der Waals surface area contributed by atoms with Crippen LogP contribution in [0.2, 0.25) is 0 Å². The molecule has 1 atom stereocenters. The molecule has 0 aromatic heterocycles. The zero-order chi connectivity index (χ0) is 11.8. The van der Waals surface area contributed by atoms with E-state index in [4.69, 9.17) is 5.11 Å². The first kappa shape index (κ1) is 10.1. The Bertz CT molecular complexity index is 626. The maximum atomic E-state index is 11.0. The molecule has 1 unspecified atom stereocenters. The summed E-state index contributed by atoms with van der Waals surface area (Å²) in [6.45, 7) is 0. The van der Waals surface area contributed by atoms with Crippen molar-refractivity contribution >= 4 is 22.8 Å². The zero-order valence-electron chi connectivity index (χ0n) is 9.26. The monoisotopic (exact) mass is 224 g/mol. The molecule has 0 radical (unpaired) electrons. The van der Waals surface area contributed by atoms with Crippen LogP contribution in [0.1, 0.15) is 11.1 Å². The van der Waals surface area contributed by atoms with E-state index in [1.54, 1.807) is 6.08 Å². The number of hydrogen-bond donors (Lipinski definition) is 1. The quantitative estimate of drug-likeness (QED) is 0.808. The van der Waals surface area contributed by atoms with Crippen LogP contribution in [0.3, 0.4) is 0 Å². The number of benzene rings is 2. The van der Waals surface area contributed by atoms with Crippen LogP contribution in [-0.2, 0) is 11.2 Å².